The normalized spacial score (nSPS) is 12.4. The topological polar surface area (TPSA) is 206 Å². The molecule has 0 aliphatic carbocycles. The smallest absolute Gasteiger partial charge is 0.408 e. The molecule has 2 aromatic rings. The molecule has 2 N–H and O–H groups in total. The fourth-order valence-corrected chi connectivity index (χ4v) is 3.86. The third-order valence-electron chi connectivity index (χ3n) is 6.03. The van der Waals surface area contributed by atoms with E-state index in [0.29, 0.717) is 11.1 Å². The van der Waals surface area contributed by atoms with Crippen LogP contribution in [0.5, 0.6) is 0 Å². The summed E-state index contributed by atoms with van der Waals surface area (Å²) in [7, 11) is 0. The Labute approximate surface area is 259 Å². The Balaban J connectivity index is 2.12. The summed E-state index contributed by atoms with van der Waals surface area (Å²) in [4.78, 5) is 71.9. The van der Waals surface area contributed by atoms with Crippen LogP contribution in [-0.4, -0.2) is 51.5 Å². The summed E-state index contributed by atoms with van der Waals surface area (Å²) < 4.78 is 15.8. The van der Waals surface area contributed by atoms with E-state index in [0.717, 1.165) is 0 Å². The minimum Gasteiger partial charge on any atom is -0.461 e. The average molecular weight is 631 g/mol. The van der Waals surface area contributed by atoms with Crippen molar-refractivity contribution in [3.05, 3.63) is 79.9 Å². The molecular formula is C30H38N4O11. The molecule has 0 spiro atoms. The number of carbonyl (C=O) groups excluding carboxylic acids is 4. The molecular weight excluding hydrogens is 592 g/mol. The molecule has 0 saturated heterocycles. The number of non-ortho nitro benzene ring substituents is 2. The fraction of sp³-hybridized carbons (Fsp3) is 0.467. The second-order valence-electron chi connectivity index (χ2n) is 11.5. The zero-order valence-electron chi connectivity index (χ0n) is 25.8. The first kappa shape index (κ1) is 36.1. The number of nitrogens with zero attached hydrogens (tertiary/aromatic N) is 2. The summed E-state index contributed by atoms with van der Waals surface area (Å²) in [6.45, 7) is 8.25. The summed E-state index contributed by atoms with van der Waals surface area (Å²) in [6.07, 6.45) is -1.13. The molecule has 15 heteroatoms. The molecule has 2 atom stereocenters. The Hall–Kier alpha value is -5.08. The highest BCUT2D eigenvalue weighted by atomic mass is 16.6. The van der Waals surface area contributed by atoms with E-state index in [9.17, 15) is 39.4 Å². The summed E-state index contributed by atoms with van der Waals surface area (Å²) in [5.74, 6) is -2.32. The molecule has 244 valence electrons. The van der Waals surface area contributed by atoms with E-state index in [1.807, 2.05) is 13.8 Å². The summed E-state index contributed by atoms with van der Waals surface area (Å²) in [5.41, 5.74) is -0.122. The van der Waals surface area contributed by atoms with Crippen molar-refractivity contribution in [3.63, 3.8) is 0 Å². The Kier molecular flexibility index (Phi) is 13.4. The summed E-state index contributed by atoms with van der Waals surface area (Å²) in [6, 6.07) is 8.37. The maximum absolute atomic E-state index is 13.3. The summed E-state index contributed by atoms with van der Waals surface area (Å²) >= 11 is 0. The molecule has 15 nitrogen and oxygen atoms in total. The van der Waals surface area contributed by atoms with Crippen LogP contribution in [0, 0.1) is 26.1 Å². The number of ether oxygens (including phenoxy) is 3. The van der Waals surface area contributed by atoms with Gasteiger partial charge in [0.05, 0.1) is 9.85 Å². The number of nitro groups is 2. The van der Waals surface area contributed by atoms with Gasteiger partial charge in [-0.1, -0.05) is 13.8 Å². The predicted molar refractivity (Wildman–Crippen MR) is 160 cm³/mol. The van der Waals surface area contributed by atoms with E-state index in [1.165, 1.54) is 48.5 Å². The third kappa shape index (κ3) is 13.4. The number of amides is 2. The highest BCUT2D eigenvalue weighted by Crippen LogP contribution is 2.16. The van der Waals surface area contributed by atoms with Gasteiger partial charge in [0.2, 0.25) is 5.91 Å². The molecule has 0 radical (unpaired) electrons. The van der Waals surface area contributed by atoms with Gasteiger partial charge in [-0.3, -0.25) is 29.8 Å². The largest absolute Gasteiger partial charge is 0.461 e. The second-order valence-corrected chi connectivity index (χ2v) is 11.5. The van der Waals surface area contributed by atoms with Crippen LogP contribution in [0.15, 0.2) is 48.5 Å². The predicted octanol–water partition coefficient (Wildman–Crippen LogP) is 4.49. The zero-order valence-corrected chi connectivity index (χ0v) is 25.8. The molecule has 0 aliphatic heterocycles. The van der Waals surface area contributed by atoms with Gasteiger partial charge in [0.15, 0.2) is 0 Å². The number of benzene rings is 2. The minimum absolute atomic E-state index is 0.0300. The number of nitrogens with one attached hydrogen (secondary N) is 2. The minimum atomic E-state index is -1.32. The molecule has 0 fully saturated rings. The fourth-order valence-electron chi connectivity index (χ4n) is 3.86. The van der Waals surface area contributed by atoms with Crippen LogP contribution in [-0.2, 0) is 41.8 Å². The lowest BCUT2D eigenvalue weighted by atomic mass is 10.0. The van der Waals surface area contributed by atoms with E-state index in [4.69, 9.17) is 14.2 Å². The lowest BCUT2D eigenvalue weighted by molar-refractivity contribution is -0.385. The van der Waals surface area contributed by atoms with Crippen molar-refractivity contribution in [1.29, 1.82) is 0 Å². The second kappa shape index (κ2) is 16.7. The van der Waals surface area contributed by atoms with Crippen LogP contribution in [0.1, 0.15) is 65.0 Å². The highest BCUT2D eigenvalue weighted by Gasteiger charge is 2.30. The van der Waals surface area contributed by atoms with Gasteiger partial charge in [0, 0.05) is 30.7 Å². The number of hydrogen-bond donors (Lipinski definition) is 2. The average Bonchev–Trinajstić information content (AvgIpc) is 2.95. The molecule has 2 amide bonds. The van der Waals surface area contributed by atoms with Crippen LogP contribution in [0.25, 0.3) is 0 Å². The van der Waals surface area contributed by atoms with Gasteiger partial charge in [0.25, 0.3) is 11.4 Å². The molecule has 45 heavy (non-hydrogen) atoms. The molecule has 0 heterocycles. The van der Waals surface area contributed by atoms with Gasteiger partial charge < -0.3 is 24.8 Å². The quantitative estimate of drug-likeness (QED) is 0.121. The maximum atomic E-state index is 13.3. The lowest BCUT2D eigenvalue weighted by Crippen LogP contribution is -2.53. The summed E-state index contributed by atoms with van der Waals surface area (Å²) in [5, 5.41) is 26.8. The standard InChI is InChI=1S/C30H38N4O11/c1-19(2)16-25(32-29(38)45-30(3,4)5)27(36)31-24(28(37)44-18-21-8-12-23(13-9-21)34(41)42)14-15-26(35)43-17-20-6-10-22(11-7-20)33(39)40/h6-13,19,24-25H,14-18H2,1-5H3,(H,31,36)(H,32,38)/t24-,25-/m1/s1. The molecule has 0 aromatic heterocycles. The molecule has 0 bridgehead atoms. The first-order valence-corrected chi connectivity index (χ1v) is 14.1. The van der Waals surface area contributed by atoms with Crippen LogP contribution in [0.3, 0.4) is 0 Å². The molecule has 2 aromatic carbocycles. The van der Waals surface area contributed by atoms with Gasteiger partial charge in [-0.25, -0.2) is 9.59 Å². The van der Waals surface area contributed by atoms with E-state index in [2.05, 4.69) is 10.6 Å². The molecule has 0 saturated carbocycles. The number of esters is 2. The number of rotatable bonds is 15. The van der Waals surface area contributed by atoms with Gasteiger partial charge >= 0.3 is 18.0 Å². The van der Waals surface area contributed by atoms with Crippen molar-refractivity contribution in [2.24, 2.45) is 5.92 Å². The highest BCUT2D eigenvalue weighted by molar-refractivity contribution is 5.90. The van der Waals surface area contributed by atoms with Gasteiger partial charge in [0.1, 0.15) is 30.9 Å². The van der Waals surface area contributed by atoms with Gasteiger partial charge in [-0.05, 0) is 74.9 Å². The SMILES string of the molecule is CC(C)C[C@@H](NC(=O)OC(C)(C)C)C(=O)N[C@H](CCC(=O)OCc1ccc([N+](=O)[O-])cc1)C(=O)OCc1ccc([N+](=O)[O-])cc1. The molecule has 0 aliphatic rings. The van der Waals surface area contributed by atoms with Crippen molar-refractivity contribution < 1.29 is 43.2 Å². The lowest BCUT2D eigenvalue weighted by Gasteiger charge is -2.25. The first-order valence-electron chi connectivity index (χ1n) is 14.1. The Bertz CT molecular complexity index is 1350. The Morgan fingerprint density at radius 2 is 1.27 bits per heavy atom. The molecule has 2 rings (SSSR count). The van der Waals surface area contributed by atoms with Crippen molar-refractivity contribution >= 4 is 35.3 Å². The third-order valence-corrected chi connectivity index (χ3v) is 6.03. The van der Waals surface area contributed by atoms with E-state index in [1.54, 1.807) is 20.8 Å². The maximum Gasteiger partial charge on any atom is 0.408 e. The van der Waals surface area contributed by atoms with E-state index in [-0.39, 0.29) is 49.8 Å². The molecule has 0 unspecified atom stereocenters. The van der Waals surface area contributed by atoms with Gasteiger partial charge in [-0.2, -0.15) is 0 Å². The zero-order chi connectivity index (χ0) is 33.7. The number of alkyl carbamates (subject to hydrolysis) is 1. The van der Waals surface area contributed by atoms with Gasteiger partial charge in [-0.15, -0.1) is 0 Å². The van der Waals surface area contributed by atoms with E-state index < -0.39 is 51.5 Å². The first-order chi connectivity index (χ1) is 21.0. The van der Waals surface area contributed by atoms with Crippen molar-refractivity contribution in [1.82, 2.24) is 10.6 Å². The Morgan fingerprint density at radius 1 is 0.778 bits per heavy atom. The number of hydrogen-bond acceptors (Lipinski definition) is 11. The van der Waals surface area contributed by atoms with E-state index >= 15 is 0 Å². The van der Waals surface area contributed by atoms with Crippen molar-refractivity contribution in [2.75, 3.05) is 0 Å². The number of nitro benzene ring substituents is 2. The van der Waals surface area contributed by atoms with Crippen molar-refractivity contribution in [2.45, 2.75) is 84.8 Å². The van der Waals surface area contributed by atoms with Crippen LogP contribution < -0.4 is 10.6 Å². The van der Waals surface area contributed by atoms with Crippen LogP contribution >= 0.6 is 0 Å². The van der Waals surface area contributed by atoms with Crippen LogP contribution in [0.2, 0.25) is 0 Å². The Morgan fingerprint density at radius 3 is 1.71 bits per heavy atom. The monoisotopic (exact) mass is 630 g/mol. The van der Waals surface area contributed by atoms with Crippen molar-refractivity contribution in [3.8, 4) is 0 Å². The number of carbonyl (C=O) groups is 4. The van der Waals surface area contributed by atoms with Crippen LogP contribution in [0.4, 0.5) is 16.2 Å².